The third-order valence-electron chi connectivity index (χ3n) is 4.27. The molecule has 3 rings (SSSR count). The maximum absolute atomic E-state index is 5.53. The van der Waals surface area contributed by atoms with Gasteiger partial charge in [-0.25, -0.2) is 0 Å². The van der Waals surface area contributed by atoms with Crippen LogP contribution in [-0.2, 0) is 18.3 Å². The Kier molecular flexibility index (Phi) is 3.33. The summed E-state index contributed by atoms with van der Waals surface area (Å²) < 4.78 is 3.21. The van der Waals surface area contributed by atoms with Crippen molar-refractivity contribution in [2.24, 2.45) is 0 Å². The molecule has 1 N–H and O–H groups in total. The van der Waals surface area contributed by atoms with E-state index in [0.29, 0.717) is 6.04 Å². The number of aryl methyl sites for hydroxylation is 1. The highest BCUT2D eigenvalue weighted by molar-refractivity contribution is 7.71. The quantitative estimate of drug-likeness (QED) is 0.761. The van der Waals surface area contributed by atoms with Crippen molar-refractivity contribution in [1.82, 2.24) is 9.55 Å². The van der Waals surface area contributed by atoms with Gasteiger partial charge >= 0.3 is 0 Å². The molecule has 1 unspecified atom stereocenters. The molecule has 0 spiro atoms. The van der Waals surface area contributed by atoms with Crippen LogP contribution < -0.4 is 0 Å². The molecular weight excluding hydrogens is 264 g/mol. The second-order valence-electron chi connectivity index (χ2n) is 6.76. The summed E-state index contributed by atoms with van der Waals surface area (Å²) in [6.45, 7) is 6.74. The van der Waals surface area contributed by atoms with Crippen molar-refractivity contribution in [2.45, 2.75) is 51.5 Å². The predicted molar refractivity (Wildman–Crippen MR) is 85.8 cm³/mol. The fourth-order valence-corrected chi connectivity index (χ4v) is 3.52. The van der Waals surface area contributed by atoms with E-state index in [4.69, 9.17) is 12.2 Å². The molecule has 1 aliphatic carbocycles. The Bertz CT molecular complexity index is 673. The van der Waals surface area contributed by atoms with E-state index < -0.39 is 0 Å². The first-order chi connectivity index (χ1) is 9.47. The molecule has 1 aromatic carbocycles. The van der Waals surface area contributed by atoms with Crippen LogP contribution in [0.5, 0.6) is 0 Å². The Morgan fingerprint density at radius 1 is 1.20 bits per heavy atom. The second-order valence-corrected chi connectivity index (χ2v) is 7.15. The van der Waals surface area contributed by atoms with Gasteiger partial charge in [-0.05, 0) is 42.6 Å². The zero-order valence-electron chi connectivity index (χ0n) is 12.4. The topological polar surface area (TPSA) is 20.7 Å². The summed E-state index contributed by atoms with van der Waals surface area (Å²) in [6.07, 6.45) is 5.50. The lowest BCUT2D eigenvalue weighted by Crippen LogP contribution is -2.25. The lowest BCUT2D eigenvalue weighted by atomic mass is 9.86. The number of aromatic nitrogens is 2. The highest BCUT2D eigenvalue weighted by Crippen LogP contribution is 2.33. The number of aromatic amines is 1. The van der Waals surface area contributed by atoms with Crippen LogP contribution in [-0.4, -0.2) is 9.55 Å². The minimum atomic E-state index is 0.116. The molecule has 0 saturated heterocycles. The van der Waals surface area contributed by atoms with Gasteiger partial charge in [0.25, 0.3) is 0 Å². The number of H-pyrrole nitrogens is 1. The fourth-order valence-electron chi connectivity index (χ4n) is 3.22. The molecule has 0 amide bonds. The van der Waals surface area contributed by atoms with Gasteiger partial charge in [-0.1, -0.05) is 45.0 Å². The standard InChI is InChI=1S/C17H22N2S/c1-17(2,3)15-11-18-16(20)19(15)14-9-8-12-6-4-5-7-13(12)10-14/h4-7,11,14H,8-10H2,1-3H3,(H,18,20). The molecule has 1 aliphatic rings. The first kappa shape index (κ1) is 13.6. The van der Waals surface area contributed by atoms with E-state index in [-0.39, 0.29) is 5.41 Å². The van der Waals surface area contributed by atoms with Gasteiger partial charge in [0.1, 0.15) is 0 Å². The number of fused-ring (bicyclic) bond motifs is 1. The smallest absolute Gasteiger partial charge is 0.177 e. The fraction of sp³-hybridized carbons (Fsp3) is 0.471. The van der Waals surface area contributed by atoms with Crippen LogP contribution in [0.3, 0.4) is 0 Å². The molecule has 3 heteroatoms. The molecule has 0 saturated carbocycles. The molecule has 1 heterocycles. The summed E-state index contributed by atoms with van der Waals surface area (Å²) in [5, 5.41) is 0. The lowest BCUT2D eigenvalue weighted by Gasteiger charge is -2.30. The van der Waals surface area contributed by atoms with Gasteiger partial charge in [-0.3, -0.25) is 0 Å². The van der Waals surface area contributed by atoms with Crippen molar-refractivity contribution in [2.75, 3.05) is 0 Å². The molecule has 106 valence electrons. The van der Waals surface area contributed by atoms with Gasteiger partial charge in [-0.15, -0.1) is 0 Å². The summed E-state index contributed by atoms with van der Waals surface area (Å²) in [5.41, 5.74) is 4.41. The van der Waals surface area contributed by atoms with E-state index in [1.54, 1.807) is 0 Å². The summed E-state index contributed by atoms with van der Waals surface area (Å²) in [6, 6.07) is 9.28. The third-order valence-corrected chi connectivity index (χ3v) is 4.58. The number of hydrogen-bond acceptors (Lipinski definition) is 1. The molecule has 20 heavy (non-hydrogen) atoms. The highest BCUT2D eigenvalue weighted by Gasteiger charge is 2.26. The van der Waals surface area contributed by atoms with Crippen molar-refractivity contribution in [3.63, 3.8) is 0 Å². The first-order valence-corrected chi connectivity index (χ1v) is 7.75. The van der Waals surface area contributed by atoms with Crippen molar-refractivity contribution < 1.29 is 0 Å². The average Bonchev–Trinajstić information content (AvgIpc) is 2.80. The van der Waals surface area contributed by atoms with E-state index in [0.717, 1.165) is 17.6 Å². The van der Waals surface area contributed by atoms with E-state index in [2.05, 4.69) is 60.8 Å². The van der Waals surface area contributed by atoms with Crippen LogP contribution in [0.25, 0.3) is 0 Å². The molecule has 0 aliphatic heterocycles. The van der Waals surface area contributed by atoms with Gasteiger partial charge in [0.15, 0.2) is 4.77 Å². The van der Waals surface area contributed by atoms with Crippen LogP contribution in [0.4, 0.5) is 0 Å². The summed E-state index contributed by atoms with van der Waals surface area (Å²) in [5.74, 6) is 0. The average molecular weight is 286 g/mol. The number of nitrogens with zero attached hydrogens (tertiary/aromatic N) is 1. The molecule has 2 aromatic rings. The van der Waals surface area contributed by atoms with Gasteiger partial charge in [0.2, 0.25) is 0 Å². The molecule has 0 fully saturated rings. The Morgan fingerprint density at radius 3 is 2.60 bits per heavy atom. The first-order valence-electron chi connectivity index (χ1n) is 7.34. The van der Waals surface area contributed by atoms with Crippen molar-refractivity contribution in [1.29, 1.82) is 0 Å². The van der Waals surface area contributed by atoms with Gasteiger partial charge in [-0.2, -0.15) is 0 Å². The number of hydrogen-bond donors (Lipinski definition) is 1. The number of nitrogens with one attached hydrogen (secondary N) is 1. The van der Waals surface area contributed by atoms with E-state index in [1.165, 1.54) is 23.2 Å². The Labute approximate surface area is 125 Å². The zero-order valence-corrected chi connectivity index (χ0v) is 13.3. The third kappa shape index (κ3) is 2.35. The normalized spacial score (nSPS) is 18.9. The second kappa shape index (κ2) is 4.88. The Hall–Kier alpha value is -1.35. The molecule has 0 radical (unpaired) electrons. The van der Waals surface area contributed by atoms with Crippen LogP contribution >= 0.6 is 12.2 Å². The Morgan fingerprint density at radius 2 is 1.90 bits per heavy atom. The maximum atomic E-state index is 5.53. The van der Waals surface area contributed by atoms with Gasteiger partial charge in [0, 0.05) is 23.3 Å². The van der Waals surface area contributed by atoms with Crippen molar-refractivity contribution >= 4 is 12.2 Å². The molecule has 1 atom stereocenters. The molecular formula is C17H22N2S. The largest absolute Gasteiger partial charge is 0.337 e. The van der Waals surface area contributed by atoms with Gasteiger partial charge < -0.3 is 9.55 Å². The van der Waals surface area contributed by atoms with E-state index >= 15 is 0 Å². The molecule has 2 nitrogen and oxygen atoms in total. The summed E-state index contributed by atoms with van der Waals surface area (Å²) >= 11 is 5.53. The number of benzene rings is 1. The highest BCUT2D eigenvalue weighted by atomic mass is 32.1. The number of imidazole rings is 1. The predicted octanol–water partition coefficient (Wildman–Crippen LogP) is 4.57. The maximum Gasteiger partial charge on any atom is 0.177 e. The van der Waals surface area contributed by atoms with E-state index in [1.807, 2.05) is 0 Å². The zero-order chi connectivity index (χ0) is 14.3. The molecule has 1 aromatic heterocycles. The number of rotatable bonds is 1. The lowest BCUT2D eigenvalue weighted by molar-refractivity contribution is 0.399. The minimum absolute atomic E-state index is 0.116. The summed E-state index contributed by atoms with van der Waals surface area (Å²) in [4.78, 5) is 3.24. The van der Waals surface area contributed by atoms with Crippen LogP contribution in [0.1, 0.15) is 50.1 Å². The van der Waals surface area contributed by atoms with Crippen molar-refractivity contribution in [3.05, 3.63) is 52.1 Å². The van der Waals surface area contributed by atoms with Crippen molar-refractivity contribution in [3.8, 4) is 0 Å². The van der Waals surface area contributed by atoms with Crippen LogP contribution in [0.2, 0.25) is 0 Å². The van der Waals surface area contributed by atoms with E-state index in [9.17, 15) is 0 Å². The molecule has 0 bridgehead atoms. The Balaban J connectivity index is 2.00. The summed E-state index contributed by atoms with van der Waals surface area (Å²) in [7, 11) is 0. The SMILES string of the molecule is CC(C)(C)c1c[nH]c(=S)n1C1CCc2ccccc2C1. The van der Waals surface area contributed by atoms with Gasteiger partial charge in [0.05, 0.1) is 0 Å². The van der Waals surface area contributed by atoms with Crippen LogP contribution in [0.15, 0.2) is 30.5 Å². The van der Waals surface area contributed by atoms with Crippen LogP contribution in [0, 0.1) is 4.77 Å². The minimum Gasteiger partial charge on any atom is -0.337 e. The monoisotopic (exact) mass is 286 g/mol.